The fraction of sp³-hybridized carbons (Fsp3) is 0.562. The van der Waals surface area contributed by atoms with E-state index in [1.165, 1.54) is 0 Å². The van der Waals surface area contributed by atoms with Gasteiger partial charge in [-0.1, -0.05) is 43.6 Å². The molecular formula is C16H23ClN2O4S. The number of sulfonamides is 1. The minimum absolute atomic E-state index is 0.165. The minimum Gasteiger partial charge on any atom is -0.378 e. The second-order valence-electron chi connectivity index (χ2n) is 6.13. The highest BCUT2D eigenvalue weighted by Crippen LogP contribution is 2.18. The van der Waals surface area contributed by atoms with Crippen molar-refractivity contribution in [3.05, 3.63) is 34.9 Å². The molecule has 1 aliphatic heterocycles. The monoisotopic (exact) mass is 374 g/mol. The molecule has 24 heavy (non-hydrogen) atoms. The Balaban J connectivity index is 2.11. The number of morpholine rings is 1. The Hall–Kier alpha value is -1.15. The molecule has 1 amide bonds. The quantitative estimate of drug-likeness (QED) is 0.821. The van der Waals surface area contributed by atoms with Gasteiger partial charge in [-0.3, -0.25) is 4.79 Å². The Kier molecular flexibility index (Phi) is 6.62. The van der Waals surface area contributed by atoms with Crippen molar-refractivity contribution in [3.63, 3.8) is 0 Å². The van der Waals surface area contributed by atoms with Crippen molar-refractivity contribution in [1.29, 1.82) is 0 Å². The first kappa shape index (κ1) is 19.2. The molecule has 1 fully saturated rings. The van der Waals surface area contributed by atoms with Gasteiger partial charge in [-0.15, -0.1) is 0 Å². The number of hydrogen-bond acceptors (Lipinski definition) is 4. The average molecular weight is 375 g/mol. The molecule has 0 aromatic heterocycles. The van der Waals surface area contributed by atoms with Gasteiger partial charge in [0, 0.05) is 18.1 Å². The highest BCUT2D eigenvalue weighted by molar-refractivity contribution is 7.88. The van der Waals surface area contributed by atoms with Gasteiger partial charge in [-0.25, -0.2) is 13.1 Å². The van der Waals surface area contributed by atoms with E-state index in [0.717, 1.165) is 0 Å². The Morgan fingerprint density at radius 3 is 2.50 bits per heavy atom. The lowest BCUT2D eigenvalue weighted by atomic mass is 10.0. The molecule has 6 nitrogen and oxygen atoms in total. The van der Waals surface area contributed by atoms with Crippen LogP contribution in [-0.4, -0.2) is 51.6 Å². The van der Waals surface area contributed by atoms with Crippen LogP contribution < -0.4 is 4.72 Å². The number of carbonyl (C=O) groups excluding carboxylic acids is 1. The molecule has 1 heterocycles. The summed E-state index contributed by atoms with van der Waals surface area (Å²) in [7, 11) is -3.70. The number of hydrogen-bond donors (Lipinski definition) is 1. The Labute approximate surface area is 148 Å². The largest absolute Gasteiger partial charge is 0.378 e. The summed E-state index contributed by atoms with van der Waals surface area (Å²) >= 11 is 6.03. The van der Waals surface area contributed by atoms with Crippen LogP contribution in [0.5, 0.6) is 0 Å². The number of amides is 1. The third kappa shape index (κ3) is 5.17. The molecule has 1 aromatic rings. The molecule has 0 spiro atoms. The number of rotatable bonds is 6. The molecule has 2 rings (SSSR count). The van der Waals surface area contributed by atoms with Crippen molar-refractivity contribution in [1.82, 2.24) is 9.62 Å². The number of halogens is 1. The Morgan fingerprint density at radius 2 is 1.92 bits per heavy atom. The van der Waals surface area contributed by atoms with Crippen LogP contribution in [0.3, 0.4) is 0 Å². The maximum Gasteiger partial charge on any atom is 0.241 e. The van der Waals surface area contributed by atoms with E-state index in [0.29, 0.717) is 36.9 Å². The van der Waals surface area contributed by atoms with Crippen LogP contribution in [0.4, 0.5) is 0 Å². The standard InChI is InChI=1S/C16H23ClN2O4S/c1-12(2)15(16(20)19-7-9-23-10-8-19)18-24(21,22)11-13-5-3-4-6-14(13)17/h3-6,12,15,18H,7-11H2,1-2H3/t15-/m0/s1. The van der Waals surface area contributed by atoms with Crippen molar-refractivity contribution in [3.8, 4) is 0 Å². The third-order valence-corrected chi connectivity index (χ3v) is 5.54. The van der Waals surface area contributed by atoms with Gasteiger partial charge in [-0.2, -0.15) is 0 Å². The number of nitrogens with one attached hydrogen (secondary N) is 1. The summed E-state index contributed by atoms with van der Waals surface area (Å²) in [4.78, 5) is 14.3. The van der Waals surface area contributed by atoms with Gasteiger partial charge in [0.15, 0.2) is 0 Å². The third-order valence-electron chi connectivity index (χ3n) is 3.87. The summed E-state index contributed by atoms with van der Waals surface area (Å²) in [6.07, 6.45) is 0. The minimum atomic E-state index is -3.70. The Morgan fingerprint density at radius 1 is 1.29 bits per heavy atom. The number of nitrogens with zero attached hydrogens (tertiary/aromatic N) is 1. The van der Waals surface area contributed by atoms with E-state index in [1.54, 1.807) is 29.2 Å². The van der Waals surface area contributed by atoms with Crippen LogP contribution in [0.15, 0.2) is 24.3 Å². The average Bonchev–Trinajstić information content (AvgIpc) is 2.55. The van der Waals surface area contributed by atoms with Gasteiger partial charge >= 0.3 is 0 Å². The molecule has 0 radical (unpaired) electrons. The summed E-state index contributed by atoms with van der Waals surface area (Å²) in [6, 6.07) is 5.98. The molecule has 1 atom stereocenters. The number of benzene rings is 1. The molecule has 1 saturated heterocycles. The molecule has 1 aliphatic rings. The molecule has 0 bridgehead atoms. The zero-order valence-corrected chi connectivity index (χ0v) is 15.4. The number of ether oxygens (including phenoxy) is 1. The van der Waals surface area contributed by atoms with E-state index in [4.69, 9.17) is 16.3 Å². The predicted octanol–water partition coefficient (Wildman–Crippen LogP) is 1.64. The molecule has 8 heteroatoms. The van der Waals surface area contributed by atoms with Gasteiger partial charge in [0.1, 0.15) is 6.04 Å². The lowest BCUT2D eigenvalue weighted by Gasteiger charge is -2.32. The van der Waals surface area contributed by atoms with Crippen LogP contribution in [0.25, 0.3) is 0 Å². The van der Waals surface area contributed by atoms with Crippen LogP contribution in [0.1, 0.15) is 19.4 Å². The van der Waals surface area contributed by atoms with Crippen molar-refractivity contribution >= 4 is 27.5 Å². The van der Waals surface area contributed by atoms with E-state index in [9.17, 15) is 13.2 Å². The first-order valence-corrected chi connectivity index (χ1v) is 9.93. The molecular weight excluding hydrogens is 352 g/mol. The SMILES string of the molecule is CC(C)[C@H](NS(=O)(=O)Cc1ccccc1Cl)C(=O)N1CCOCC1. The fourth-order valence-electron chi connectivity index (χ4n) is 2.51. The molecule has 1 aromatic carbocycles. The second kappa shape index (κ2) is 8.29. The zero-order chi connectivity index (χ0) is 17.7. The molecule has 0 saturated carbocycles. The predicted molar refractivity (Wildman–Crippen MR) is 93.2 cm³/mol. The topological polar surface area (TPSA) is 75.7 Å². The van der Waals surface area contributed by atoms with E-state index in [-0.39, 0.29) is 17.6 Å². The fourth-order valence-corrected chi connectivity index (χ4v) is 4.29. The molecule has 0 aliphatic carbocycles. The van der Waals surface area contributed by atoms with E-state index >= 15 is 0 Å². The summed E-state index contributed by atoms with van der Waals surface area (Å²) in [5.74, 6) is -0.635. The van der Waals surface area contributed by atoms with Gasteiger partial charge in [0.25, 0.3) is 0 Å². The van der Waals surface area contributed by atoms with Crippen molar-refractivity contribution in [2.75, 3.05) is 26.3 Å². The van der Waals surface area contributed by atoms with Gasteiger partial charge in [-0.05, 0) is 17.5 Å². The second-order valence-corrected chi connectivity index (χ2v) is 8.29. The summed E-state index contributed by atoms with van der Waals surface area (Å²) in [5, 5.41) is 0.392. The van der Waals surface area contributed by atoms with Crippen LogP contribution in [0, 0.1) is 5.92 Å². The molecule has 0 unspecified atom stereocenters. The number of carbonyl (C=O) groups is 1. The van der Waals surface area contributed by atoms with Crippen molar-refractivity contribution in [2.45, 2.75) is 25.6 Å². The van der Waals surface area contributed by atoms with Crippen molar-refractivity contribution in [2.24, 2.45) is 5.92 Å². The normalized spacial score (nSPS) is 17.1. The van der Waals surface area contributed by atoms with Crippen LogP contribution >= 0.6 is 11.6 Å². The van der Waals surface area contributed by atoms with E-state index < -0.39 is 16.1 Å². The smallest absolute Gasteiger partial charge is 0.241 e. The Bertz CT molecular complexity index is 672. The first-order chi connectivity index (χ1) is 11.3. The maximum atomic E-state index is 12.7. The lowest BCUT2D eigenvalue weighted by molar-refractivity contribution is -0.138. The van der Waals surface area contributed by atoms with Crippen molar-refractivity contribution < 1.29 is 17.9 Å². The summed E-state index contributed by atoms with van der Waals surface area (Å²) in [6.45, 7) is 5.55. The first-order valence-electron chi connectivity index (χ1n) is 7.90. The summed E-state index contributed by atoms with van der Waals surface area (Å²) < 4.78 is 32.8. The van der Waals surface area contributed by atoms with Crippen LogP contribution in [0.2, 0.25) is 5.02 Å². The van der Waals surface area contributed by atoms with Gasteiger partial charge in [0.2, 0.25) is 15.9 Å². The van der Waals surface area contributed by atoms with Gasteiger partial charge < -0.3 is 9.64 Å². The van der Waals surface area contributed by atoms with Crippen LogP contribution in [-0.2, 0) is 25.3 Å². The maximum absolute atomic E-state index is 12.7. The van der Waals surface area contributed by atoms with E-state index in [2.05, 4.69) is 4.72 Å². The highest BCUT2D eigenvalue weighted by Gasteiger charge is 2.31. The van der Waals surface area contributed by atoms with Gasteiger partial charge in [0.05, 0.1) is 19.0 Å². The summed E-state index contributed by atoms with van der Waals surface area (Å²) in [5.41, 5.74) is 0.507. The molecule has 1 N–H and O–H groups in total. The highest BCUT2D eigenvalue weighted by atomic mass is 35.5. The molecule has 134 valence electrons. The zero-order valence-electron chi connectivity index (χ0n) is 13.9. The lowest BCUT2D eigenvalue weighted by Crippen LogP contribution is -2.53. The van der Waals surface area contributed by atoms with E-state index in [1.807, 2.05) is 13.8 Å².